The molecular formula is C16H30N2O. The molecule has 1 rings (SSSR count). The lowest BCUT2D eigenvalue weighted by Crippen LogP contribution is -2.20. The molecule has 0 saturated carbocycles. The first-order valence-electron chi connectivity index (χ1n) is 7.94. The van der Waals surface area contributed by atoms with Crippen molar-refractivity contribution in [3.05, 3.63) is 18.7 Å². The normalized spacial score (nSPS) is 12.7. The smallest absolute Gasteiger partial charge is 0.0946 e. The highest BCUT2D eigenvalue weighted by atomic mass is 16.5. The molecule has 110 valence electrons. The van der Waals surface area contributed by atoms with Crippen LogP contribution in [0.4, 0.5) is 0 Å². The van der Waals surface area contributed by atoms with Crippen molar-refractivity contribution in [2.45, 2.75) is 77.9 Å². The molecule has 0 aliphatic heterocycles. The zero-order chi connectivity index (χ0) is 13.8. The predicted octanol–water partition coefficient (Wildman–Crippen LogP) is 4.43. The minimum atomic E-state index is 0.350. The molecule has 0 saturated heterocycles. The number of hydrogen-bond acceptors (Lipinski definition) is 2. The lowest BCUT2D eigenvalue weighted by atomic mass is 10.1. The zero-order valence-electron chi connectivity index (χ0n) is 12.7. The van der Waals surface area contributed by atoms with Crippen LogP contribution in [0.5, 0.6) is 0 Å². The van der Waals surface area contributed by atoms with Gasteiger partial charge in [0.05, 0.1) is 12.4 Å². The van der Waals surface area contributed by atoms with Crippen molar-refractivity contribution in [1.29, 1.82) is 0 Å². The summed E-state index contributed by atoms with van der Waals surface area (Å²) >= 11 is 0. The fourth-order valence-corrected chi connectivity index (χ4v) is 2.26. The summed E-state index contributed by atoms with van der Waals surface area (Å²) in [6.45, 7) is 6.33. The molecule has 0 aliphatic carbocycles. The van der Waals surface area contributed by atoms with Crippen LogP contribution >= 0.6 is 0 Å². The van der Waals surface area contributed by atoms with Crippen molar-refractivity contribution in [3.63, 3.8) is 0 Å². The van der Waals surface area contributed by atoms with Crippen molar-refractivity contribution in [2.24, 2.45) is 0 Å². The van der Waals surface area contributed by atoms with Gasteiger partial charge in [0.2, 0.25) is 0 Å². The van der Waals surface area contributed by atoms with Crippen LogP contribution in [0.15, 0.2) is 18.7 Å². The molecular weight excluding hydrogens is 236 g/mol. The Labute approximate surface area is 118 Å². The number of rotatable bonds is 12. The van der Waals surface area contributed by atoms with Gasteiger partial charge in [-0.25, -0.2) is 4.98 Å². The molecule has 3 nitrogen and oxygen atoms in total. The van der Waals surface area contributed by atoms with Crippen molar-refractivity contribution >= 4 is 0 Å². The fourth-order valence-electron chi connectivity index (χ4n) is 2.26. The number of hydrogen-bond donors (Lipinski definition) is 0. The molecule has 1 aromatic rings. The van der Waals surface area contributed by atoms with Gasteiger partial charge in [-0.3, -0.25) is 0 Å². The molecule has 3 heteroatoms. The molecule has 0 bridgehead atoms. The van der Waals surface area contributed by atoms with E-state index in [1.54, 1.807) is 0 Å². The number of nitrogens with zero attached hydrogens (tertiary/aromatic N) is 2. The van der Waals surface area contributed by atoms with Crippen molar-refractivity contribution in [2.75, 3.05) is 6.61 Å². The van der Waals surface area contributed by atoms with E-state index in [1.165, 1.54) is 51.4 Å². The van der Waals surface area contributed by atoms with Gasteiger partial charge in [-0.2, -0.15) is 0 Å². The van der Waals surface area contributed by atoms with Crippen molar-refractivity contribution < 1.29 is 4.74 Å². The van der Waals surface area contributed by atoms with Gasteiger partial charge in [0, 0.05) is 25.5 Å². The first kappa shape index (κ1) is 16.2. The third kappa shape index (κ3) is 8.04. The van der Waals surface area contributed by atoms with Crippen LogP contribution in [0.25, 0.3) is 0 Å². The number of unbranched alkanes of at least 4 members (excludes halogenated alkanes) is 5. The average molecular weight is 266 g/mol. The lowest BCUT2D eigenvalue weighted by Gasteiger charge is -2.18. The van der Waals surface area contributed by atoms with Gasteiger partial charge in [0.15, 0.2) is 0 Å². The molecule has 0 fully saturated rings. The Balaban J connectivity index is 2.25. The first-order chi connectivity index (χ1) is 9.36. The Morgan fingerprint density at radius 2 is 1.84 bits per heavy atom. The minimum absolute atomic E-state index is 0.350. The molecule has 0 radical (unpaired) electrons. The SMILES string of the molecule is CCCCCCC(Cn1ccnc1)OCCCCC. The van der Waals surface area contributed by atoms with Gasteiger partial charge in [-0.05, 0) is 12.8 Å². The number of aromatic nitrogens is 2. The van der Waals surface area contributed by atoms with E-state index in [-0.39, 0.29) is 0 Å². The largest absolute Gasteiger partial charge is 0.376 e. The quantitative estimate of drug-likeness (QED) is 0.523. The van der Waals surface area contributed by atoms with Gasteiger partial charge >= 0.3 is 0 Å². The highest BCUT2D eigenvalue weighted by molar-refractivity contribution is 4.76. The van der Waals surface area contributed by atoms with E-state index in [9.17, 15) is 0 Å². The first-order valence-corrected chi connectivity index (χ1v) is 7.94. The summed E-state index contributed by atoms with van der Waals surface area (Å²) in [5, 5.41) is 0. The van der Waals surface area contributed by atoms with E-state index in [0.717, 1.165) is 13.2 Å². The van der Waals surface area contributed by atoms with Crippen LogP contribution in [0.2, 0.25) is 0 Å². The third-order valence-corrected chi connectivity index (χ3v) is 3.45. The zero-order valence-corrected chi connectivity index (χ0v) is 12.7. The van der Waals surface area contributed by atoms with Crippen LogP contribution in [0.1, 0.15) is 65.2 Å². The molecule has 0 aromatic carbocycles. The Hall–Kier alpha value is -0.830. The van der Waals surface area contributed by atoms with E-state index in [2.05, 4.69) is 23.4 Å². The lowest BCUT2D eigenvalue weighted by molar-refractivity contribution is 0.0318. The summed E-state index contributed by atoms with van der Waals surface area (Å²) in [4.78, 5) is 4.10. The topological polar surface area (TPSA) is 27.1 Å². The molecule has 0 aliphatic rings. The highest BCUT2D eigenvalue weighted by Crippen LogP contribution is 2.11. The van der Waals surface area contributed by atoms with E-state index in [4.69, 9.17) is 4.74 Å². The van der Waals surface area contributed by atoms with E-state index < -0.39 is 0 Å². The Kier molecular flexibility index (Phi) is 9.42. The molecule has 1 atom stereocenters. The van der Waals surface area contributed by atoms with Gasteiger partial charge in [0.1, 0.15) is 0 Å². The molecule has 19 heavy (non-hydrogen) atoms. The van der Waals surface area contributed by atoms with Crippen molar-refractivity contribution in [1.82, 2.24) is 9.55 Å². The molecule has 1 aromatic heterocycles. The predicted molar refractivity (Wildman–Crippen MR) is 80.3 cm³/mol. The molecule has 1 unspecified atom stereocenters. The fraction of sp³-hybridized carbons (Fsp3) is 0.812. The van der Waals surface area contributed by atoms with E-state index >= 15 is 0 Å². The summed E-state index contributed by atoms with van der Waals surface area (Å²) in [5.74, 6) is 0. The van der Waals surface area contributed by atoms with Gasteiger partial charge in [-0.1, -0.05) is 52.4 Å². The minimum Gasteiger partial charge on any atom is -0.376 e. The number of ether oxygens (including phenoxy) is 1. The Bertz CT molecular complexity index is 273. The van der Waals surface area contributed by atoms with Crippen LogP contribution in [0.3, 0.4) is 0 Å². The third-order valence-electron chi connectivity index (χ3n) is 3.45. The highest BCUT2D eigenvalue weighted by Gasteiger charge is 2.09. The summed E-state index contributed by atoms with van der Waals surface area (Å²) in [6, 6.07) is 0. The van der Waals surface area contributed by atoms with Crippen LogP contribution < -0.4 is 0 Å². The van der Waals surface area contributed by atoms with E-state index in [0.29, 0.717) is 6.10 Å². The van der Waals surface area contributed by atoms with Crippen LogP contribution in [0, 0.1) is 0 Å². The second-order valence-corrected chi connectivity index (χ2v) is 5.31. The van der Waals surface area contributed by atoms with Crippen molar-refractivity contribution in [3.8, 4) is 0 Å². The maximum atomic E-state index is 6.05. The average Bonchev–Trinajstić information content (AvgIpc) is 2.92. The standard InChI is InChI=1S/C16H30N2O/c1-3-5-7-8-10-16(19-13-9-6-4-2)14-18-12-11-17-15-18/h11-12,15-16H,3-10,13-14H2,1-2H3. The van der Waals surface area contributed by atoms with Gasteiger partial charge < -0.3 is 9.30 Å². The van der Waals surface area contributed by atoms with Gasteiger partial charge in [-0.15, -0.1) is 0 Å². The summed E-state index contributed by atoms with van der Waals surface area (Å²) in [7, 11) is 0. The van der Waals surface area contributed by atoms with E-state index in [1.807, 2.05) is 18.7 Å². The number of imidazole rings is 1. The molecule has 0 spiro atoms. The Morgan fingerprint density at radius 3 is 2.53 bits per heavy atom. The second-order valence-electron chi connectivity index (χ2n) is 5.31. The maximum absolute atomic E-state index is 6.05. The summed E-state index contributed by atoms with van der Waals surface area (Å²) < 4.78 is 8.18. The maximum Gasteiger partial charge on any atom is 0.0946 e. The monoisotopic (exact) mass is 266 g/mol. The molecule has 0 N–H and O–H groups in total. The molecule has 1 heterocycles. The summed E-state index contributed by atoms with van der Waals surface area (Å²) in [5.41, 5.74) is 0. The summed E-state index contributed by atoms with van der Waals surface area (Å²) in [6.07, 6.45) is 16.2. The molecule has 0 amide bonds. The van der Waals surface area contributed by atoms with Crippen LogP contribution in [-0.4, -0.2) is 22.3 Å². The van der Waals surface area contributed by atoms with Gasteiger partial charge in [0.25, 0.3) is 0 Å². The second kappa shape index (κ2) is 11.0. The van der Waals surface area contributed by atoms with Crippen LogP contribution in [-0.2, 0) is 11.3 Å². The Morgan fingerprint density at radius 1 is 1.05 bits per heavy atom.